The van der Waals surface area contributed by atoms with Crippen LogP contribution in [0.2, 0.25) is 0 Å². The molecule has 4 N–H and O–H groups in total. The maximum absolute atomic E-state index is 14.2. The van der Waals surface area contributed by atoms with E-state index in [-0.39, 0.29) is 23.7 Å². The molecule has 7 nitrogen and oxygen atoms in total. The van der Waals surface area contributed by atoms with Crippen LogP contribution < -0.4 is 11.3 Å². The molecule has 0 saturated carbocycles. The lowest BCUT2D eigenvalue weighted by atomic mass is 10.1. The zero-order valence-electron chi connectivity index (χ0n) is 9.80. The number of nitrogens with zero attached hydrogens (tertiary/aromatic N) is 3. The van der Waals surface area contributed by atoms with Gasteiger partial charge in [0.15, 0.2) is 17.5 Å². The van der Waals surface area contributed by atoms with Gasteiger partial charge in [0.1, 0.15) is 0 Å². The van der Waals surface area contributed by atoms with Crippen LogP contribution in [0.3, 0.4) is 0 Å². The highest BCUT2D eigenvalue weighted by Gasteiger charge is 2.23. The average Bonchev–Trinajstić information content (AvgIpc) is 2.74. The van der Waals surface area contributed by atoms with Crippen molar-refractivity contribution >= 4 is 17.1 Å². The fraction of sp³-hybridized carbons (Fsp3) is 0.500. The molecule has 0 aliphatic heterocycles. The highest BCUT2D eigenvalue weighted by Crippen LogP contribution is 2.25. The van der Waals surface area contributed by atoms with Crippen LogP contribution in [0.1, 0.15) is 19.6 Å². The van der Waals surface area contributed by atoms with Crippen LogP contribution in [0.15, 0.2) is 11.1 Å². The largest absolute Gasteiger partial charge is 0.396 e. The molecule has 98 valence electrons. The van der Waals surface area contributed by atoms with E-state index in [1.807, 2.05) is 0 Å². The molecule has 0 radical (unpaired) electrons. The topological polar surface area (TPSA) is 110 Å². The van der Waals surface area contributed by atoms with Crippen molar-refractivity contribution in [1.29, 1.82) is 0 Å². The first-order valence-electron chi connectivity index (χ1n) is 5.55. The number of aromatic nitrogens is 4. The summed E-state index contributed by atoms with van der Waals surface area (Å²) < 4.78 is 15.3. The molecule has 8 heteroatoms. The fourth-order valence-corrected chi connectivity index (χ4v) is 1.76. The third-order valence-electron chi connectivity index (χ3n) is 2.86. The molecule has 0 aliphatic carbocycles. The number of nitrogen functional groups attached to an aromatic ring is 1. The van der Waals surface area contributed by atoms with Crippen molar-refractivity contribution in [2.45, 2.75) is 19.6 Å². The first kappa shape index (κ1) is 12.5. The Hall–Kier alpha value is -1.96. The normalized spacial score (nSPS) is 14.8. The number of rotatable bonds is 4. The number of anilines is 1. The van der Waals surface area contributed by atoms with Gasteiger partial charge in [-0.15, -0.1) is 0 Å². The molecule has 0 bridgehead atoms. The van der Waals surface area contributed by atoms with Gasteiger partial charge in [0.05, 0.1) is 12.9 Å². The molecular weight excluding hydrogens is 241 g/mol. The maximum Gasteiger partial charge on any atom is 0.280 e. The zero-order valence-corrected chi connectivity index (χ0v) is 9.80. The molecular formula is C10H14FN5O2. The van der Waals surface area contributed by atoms with E-state index in [4.69, 9.17) is 10.8 Å². The Morgan fingerprint density at radius 3 is 3.00 bits per heavy atom. The standard InChI is InChI=1S/C10H14FN5O2/c1-2-5(3-17)7(11)16-4-13-6-8(16)14-10(12)15-9(6)18/h4-5,7,17H,2-3H2,1H3,(H3,12,14,15,18). The number of nitrogens with one attached hydrogen (secondary N) is 1. The molecule has 18 heavy (non-hydrogen) atoms. The summed E-state index contributed by atoms with van der Waals surface area (Å²) in [6, 6.07) is 0. The molecule has 2 unspecified atom stereocenters. The van der Waals surface area contributed by atoms with Crippen molar-refractivity contribution in [2.75, 3.05) is 12.3 Å². The highest BCUT2D eigenvalue weighted by atomic mass is 19.1. The molecule has 0 fully saturated rings. The quantitative estimate of drug-likeness (QED) is 0.722. The number of aliphatic hydroxyl groups is 1. The van der Waals surface area contributed by atoms with Gasteiger partial charge in [0, 0.05) is 5.92 Å². The second-order valence-corrected chi connectivity index (χ2v) is 4.00. The van der Waals surface area contributed by atoms with Gasteiger partial charge in [0.25, 0.3) is 5.56 Å². The Morgan fingerprint density at radius 2 is 2.39 bits per heavy atom. The average molecular weight is 255 g/mol. The number of hydrogen-bond donors (Lipinski definition) is 3. The molecule has 2 heterocycles. The lowest BCUT2D eigenvalue weighted by Crippen LogP contribution is -2.19. The van der Waals surface area contributed by atoms with Crippen LogP contribution in [-0.2, 0) is 0 Å². The number of H-pyrrole nitrogens is 1. The predicted molar refractivity (Wildman–Crippen MR) is 63.6 cm³/mol. The van der Waals surface area contributed by atoms with Crippen LogP contribution in [0.5, 0.6) is 0 Å². The summed E-state index contributed by atoms with van der Waals surface area (Å²) in [7, 11) is 0. The highest BCUT2D eigenvalue weighted by molar-refractivity contribution is 5.70. The molecule has 2 aromatic heterocycles. The Labute approximate surface area is 101 Å². The second kappa shape index (κ2) is 4.73. The lowest BCUT2D eigenvalue weighted by molar-refractivity contribution is 0.0901. The minimum absolute atomic E-state index is 0.0274. The molecule has 0 amide bonds. The lowest BCUT2D eigenvalue weighted by Gasteiger charge is -2.18. The summed E-state index contributed by atoms with van der Waals surface area (Å²) in [5.41, 5.74) is 5.01. The summed E-state index contributed by atoms with van der Waals surface area (Å²) in [4.78, 5) is 21.5. The molecule has 2 rings (SSSR count). The number of nitrogens with two attached hydrogens (primary N) is 1. The summed E-state index contributed by atoms with van der Waals surface area (Å²) >= 11 is 0. The van der Waals surface area contributed by atoms with Crippen molar-refractivity contribution in [2.24, 2.45) is 5.92 Å². The summed E-state index contributed by atoms with van der Waals surface area (Å²) in [5.74, 6) is -0.678. The number of aromatic amines is 1. The molecule has 0 aliphatic rings. The maximum atomic E-state index is 14.2. The Kier molecular flexibility index (Phi) is 3.28. The van der Waals surface area contributed by atoms with Gasteiger partial charge in [0.2, 0.25) is 5.95 Å². The SMILES string of the molecule is CCC(CO)C(F)n1cnc2c(=O)[nH]c(N)nc21. The minimum atomic E-state index is -1.50. The van der Waals surface area contributed by atoms with Gasteiger partial charge in [-0.25, -0.2) is 9.37 Å². The van der Waals surface area contributed by atoms with E-state index in [0.717, 1.165) is 4.57 Å². The number of alkyl halides is 1. The molecule has 0 aromatic carbocycles. The van der Waals surface area contributed by atoms with Gasteiger partial charge in [-0.3, -0.25) is 14.3 Å². The zero-order chi connectivity index (χ0) is 13.3. The van der Waals surface area contributed by atoms with Crippen LogP contribution >= 0.6 is 0 Å². The fourth-order valence-electron chi connectivity index (χ4n) is 1.76. The van der Waals surface area contributed by atoms with E-state index in [1.54, 1.807) is 6.92 Å². The summed E-state index contributed by atoms with van der Waals surface area (Å²) in [6.07, 6.45) is 0.143. The summed E-state index contributed by atoms with van der Waals surface area (Å²) in [6.45, 7) is 1.47. The smallest absolute Gasteiger partial charge is 0.280 e. The number of halogens is 1. The first-order valence-corrected chi connectivity index (χ1v) is 5.55. The number of imidazole rings is 1. The van der Waals surface area contributed by atoms with Gasteiger partial charge < -0.3 is 10.8 Å². The Bertz CT molecular complexity index is 604. The number of fused-ring (bicyclic) bond motifs is 1. The van der Waals surface area contributed by atoms with Crippen molar-refractivity contribution in [3.63, 3.8) is 0 Å². The van der Waals surface area contributed by atoms with E-state index >= 15 is 0 Å². The van der Waals surface area contributed by atoms with Crippen LogP contribution in [0.25, 0.3) is 11.2 Å². The first-order chi connectivity index (χ1) is 8.58. The van der Waals surface area contributed by atoms with E-state index in [1.165, 1.54) is 6.33 Å². The molecule has 0 spiro atoms. The monoisotopic (exact) mass is 255 g/mol. The van der Waals surface area contributed by atoms with Gasteiger partial charge in [-0.2, -0.15) is 4.98 Å². The van der Waals surface area contributed by atoms with Crippen LogP contribution in [-0.4, -0.2) is 31.2 Å². The van der Waals surface area contributed by atoms with E-state index in [2.05, 4.69) is 15.0 Å². The van der Waals surface area contributed by atoms with Crippen molar-refractivity contribution in [1.82, 2.24) is 19.5 Å². The van der Waals surface area contributed by atoms with Gasteiger partial charge in [-0.05, 0) is 6.42 Å². The van der Waals surface area contributed by atoms with Crippen molar-refractivity contribution < 1.29 is 9.50 Å². The Morgan fingerprint density at radius 1 is 1.67 bits per heavy atom. The van der Waals surface area contributed by atoms with Crippen LogP contribution in [0, 0.1) is 5.92 Å². The van der Waals surface area contributed by atoms with E-state index < -0.39 is 17.8 Å². The minimum Gasteiger partial charge on any atom is -0.396 e. The third kappa shape index (κ3) is 1.94. The van der Waals surface area contributed by atoms with Gasteiger partial charge >= 0.3 is 0 Å². The Balaban J connectivity index is 2.55. The molecule has 2 aromatic rings. The van der Waals surface area contributed by atoms with Crippen LogP contribution in [0.4, 0.5) is 10.3 Å². The predicted octanol–water partition coefficient (Wildman–Crippen LogP) is 0.188. The summed E-state index contributed by atoms with van der Waals surface area (Å²) in [5, 5.41) is 9.09. The molecule has 2 atom stereocenters. The number of aliphatic hydroxyl groups excluding tert-OH is 1. The second-order valence-electron chi connectivity index (χ2n) is 4.00. The van der Waals surface area contributed by atoms with Gasteiger partial charge in [-0.1, -0.05) is 6.92 Å². The van der Waals surface area contributed by atoms with Crippen molar-refractivity contribution in [3.8, 4) is 0 Å². The number of hydrogen-bond acceptors (Lipinski definition) is 5. The van der Waals surface area contributed by atoms with E-state index in [9.17, 15) is 9.18 Å². The molecule has 0 saturated heterocycles. The third-order valence-corrected chi connectivity index (χ3v) is 2.86. The van der Waals surface area contributed by atoms with Crippen molar-refractivity contribution in [3.05, 3.63) is 16.7 Å². The van der Waals surface area contributed by atoms with E-state index in [0.29, 0.717) is 6.42 Å².